The summed E-state index contributed by atoms with van der Waals surface area (Å²) in [6.07, 6.45) is 3.26. The summed E-state index contributed by atoms with van der Waals surface area (Å²) in [7, 11) is 0. The van der Waals surface area contributed by atoms with Gasteiger partial charge in [-0.05, 0) is 54.7 Å². The van der Waals surface area contributed by atoms with Crippen LogP contribution < -0.4 is 5.73 Å². The van der Waals surface area contributed by atoms with Crippen LogP contribution in [-0.2, 0) is 6.42 Å². The van der Waals surface area contributed by atoms with Gasteiger partial charge in [0.05, 0.1) is 5.84 Å². The number of rotatable bonds is 4. The van der Waals surface area contributed by atoms with Crippen LogP contribution in [-0.4, -0.2) is 30.4 Å². The number of nitrogens with one attached hydrogen (secondary N) is 1. The maximum absolute atomic E-state index is 7.43. The van der Waals surface area contributed by atoms with E-state index in [1.54, 1.807) is 11.3 Å². The van der Waals surface area contributed by atoms with Gasteiger partial charge in [0.1, 0.15) is 0 Å². The smallest absolute Gasteiger partial charge is 0.0937 e. The zero-order chi connectivity index (χ0) is 11.4. The molecule has 1 aromatic rings. The number of piperidine rings is 1. The van der Waals surface area contributed by atoms with E-state index in [0.717, 1.165) is 38.9 Å². The monoisotopic (exact) mass is 237 g/mol. The van der Waals surface area contributed by atoms with Crippen molar-refractivity contribution in [2.45, 2.75) is 19.3 Å². The number of hydrogen-bond acceptors (Lipinski definition) is 3. The Labute approximate surface area is 101 Å². The number of likely N-dealkylation sites (tertiary alicyclic amines) is 1. The standard InChI is InChI=1S/C12H19N3S/c13-12(14)11-2-6-15(7-3-11)5-1-10-4-8-16-9-10/h4,8-9,11H,1-3,5-7H2,(H3,13,14). The topological polar surface area (TPSA) is 53.1 Å². The highest BCUT2D eigenvalue weighted by Gasteiger charge is 2.20. The fourth-order valence-electron chi connectivity index (χ4n) is 2.19. The molecule has 1 saturated heterocycles. The number of amidine groups is 1. The minimum Gasteiger partial charge on any atom is -0.387 e. The molecule has 0 bridgehead atoms. The molecule has 16 heavy (non-hydrogen) atoms. The second-order valence-electron chi connectivity index (χ2n) is 4.45. The third-order valence-electron chi connectivity index (χ3n) is 3.32. The van der Waals surface area contributed by atoms with Crippen LogP contribution in [0.1, 0.15) is 18.4 Å². The number of nitrogens with two attached hydrogens (primary N) is 1. The molecule has 0 radical (unpaired) electrons. The van der Waals surface area contributed by atoms with E-state index >= 15 is 0 Å². The van der Waals surface area contributed by atoms with Gasteiger partial charge in [0.2, 0.25) is 0 Å². The van der Waals surface area contributed by atoms with Crippen LogP contribution in [0.15, 0.2) is 16.8 Å². The van der Waals surface area contributed by atoms with Crippen molar-refractivity contribution >= 4 is 17.2 Å². The van der Waals surface area contributed by atoms with Crippen molar-refractivity contribution in [2.24, 2.45) is 11.7 Å². The summed E-state index contributed by atoms with van der Waals surface area (Å²) < 4.78 is 0. The van der Waals surface area contributed by atoms with E-state index in [1.165, 1.54) is 5.56 Å². The van der Waals surface area contributed by atoms with Crippen molar-refractivity contribution in [3.8, 4) is 0 Å². The fourth-order valence-corrected chi connectivity index (χ4v) is 2.89. The quantitative estimate of drug-likeness (QED) is 0.621. The van der Waals surface area contributed by atoms with Crippen molar-refractivity contribution in [3.63, 3.8) is 0 Å². The summed E-state index contributed by atoms with van der Waals surface area (Å²) in [4.78, 5) is 2.48. The maximum atomic E-state index is 7.43. The lowest BCUT2D eigenvalue weighted by molar-refractivity contribution is 0.211. The molecule has 0 aliphatic carbocycles. The molecule has 0 aromatic carbocycles. The molecule has 0 amide bonds. The second-order valence-corrected chi connectivity index (χ2v) is 5.23. The van der Waals surface area contributed by atoms with Crippen LogP contribution in [0.25, 0.3) is 0 Å². The van der Waals surface area contributed by atoms with E-state index in [2.05, 4.69) is 21.7 Å². The second kappa shape index (κ2) is 5.46. The van der Waals surface area contributed by atoms with Gasteiger partial charge in [-0.15, -0.1) is 0 Å². The number of nitrogens with zero attached hydrogens (tertiary/aromatic N) is 1. The van der Waals surface area contributed by atoms with Crippen molar-refractivity contribution in [1.29, 1.82) is 5.41 Å². The Hall–Kier alpha value is -0.870. The molecule has 2 heterocycles. The van der Waals surface area contributed by atoms with E-state index in [9.17, 15) is 0 Å². The van der Waals surface area contributed by atoms with Gasteiger partial charge in [0.25, 0.3) is 0 Å². The lowest BCUT2D eigenvalue weighted by Gasteiger charge is -2.31. The van der Waals surface area contributed by atoms with E-state index in [1.807, 2.05) is 0 Å². The lowest BCUT2D eigenvalue weighted by atomic mass is 9.96. The predicted molar refractivity (Wildman–Crippen MR) is 69.1 cm³/mol. The first kappa shape index (κ1) is 11.6. The minimum absolute atomic E-state index is 0.331. The maximum Gasteiger partial charge on any atom is 0.0937 e. The molecule has 1 aliphatic heterocycles. The number of thiophene rings is 1. The summed E-state index contributed by atoms with van der Waals surface area (Å²) in [5.41, 5.74) is 6.97. The minimum atomic E-state index is 0.331. The SMILES string of the molecule is N=C(N)C1CCN(CCc2ccsc2)CC1. The Kier molecular flexibility index (Phi) is 3.96. The molecule has 4 heteroatoms. The predicted octanol–water partition coefficient (Wildman–Crippen LogP) is 1.94. The highest BCUT2D eigenvalue weighted by Crippen LogP contribution is 2.17. The summed E-state index contributed by atoms with van der Waals surface area (Å²) in [6, 6.07) is 2.20. The van der Waals surface area contributed by atoms with Gasteiger partial charge >= 0.3 is 0 Å². The van der Waals surface area contributed by atoms with Crippen LogP contribution in [0, 0.1) is 11.3 Å². The third kappa shape index (κ3) is 3.06. The van der Waals surface area contributed by atoms with Crippen LogP contribution in [0.3, 0.4) is 0 Å². The summed E-state index contributed by atoms with van der Waals surface area (Å²) in [5.74, 6) is 0.704. The molecule has 0 unspecified atom stereocenters. The molecule has 88 valence electrons. The average Bonchev–Trinajstić information content (AvgIpc) is 2.80. The molecule has 0 atom stereocenters. The van der Waals surface area contributed by atoms with E-state index in [0.29, 0.717) is 11.8 Å². The van der Waals surface area contributed by atoms with Crippen molar-refractivity contribution in [3.05, 3.63) is 22.4 Å². The third-order valence-corrected chi connectivity index (χ3v) is 4.06. The lowest BCUT2D eigenvalue weighted by Crippen LogP contribution is -2.39. The van der Waals surface area contributed by atoms with Gasteiger partial charge < -0.3 is 10.6 Å². The molecule has 1 aliphatic rings. The molecular formula is C12H19N3S. The number of hydrogen-bond donors (Lipinski definition) is 2. The Balaban J connectivity index is 1.71. The van der Waals surface area contributed by atoms with Crippen molar-refractivity contribution < 1.29 is 0 Å². The molecule has 1 aromatic heterocycles. The molecule has 2 rings (SSSR count). The van der Waals surface area contributed by atoms with Crippen LogP contribution in [0.5, 0.6) is 0 Å². The Bertz CT molecular complexity index is 326. The highest BCUT2D eigenvalue weighted by molar-refractivity contribution is 7.07. The average molecular weight is 237 g/mol. The Morgan fingerprint density at radius 2 is 2.25 bits per heavy atom. The Morgan fingerprint density at radius 3 is 2.81 bits per heavy atom. The van der Waals surface area contributed by atoms with Gasteiger partial charge in [0.15, 0.2) is 0 Å². The van der Waals surface area contributed by atoms with Crippen LogP contribution in [0.2, 0.25) is 0 Å². The van der Waals surface area contributed by atoms with Crippen molar-refractivity contribution in [2.75, 3.05) is 19.6 Å². The first-order valence-corrected chi connectivity index (χ1v) is 6.77. The first-order chi connectivity index (χ1) is 7.75. The molecule has 1 fully saturated rings. The summed E-state index contributed by atoms with van der Waals surface area (Å²) in [6.45, 7) is 3.32. The Morgan fingerprint density at radius 1 is 1.50 bits per heavy atom. The van der Waals surface area contributed by atoms with Gasteiger partial charge in [-0.25, -0.2) is 0 Å². The first-order valence-electron chi connectivity index (χ1n) is 5.83. The molecular weight excluding hydrogens is 218 g/mol. The summed E-state index contributed by atoms with van der Waals surface area (Å²) >= 11 is 1.77. The normalized spacial score (nSPS) is 18.8. The van der Waals surface area contributed by atoms with Gasteiger partial charge in [-0.3, -0.25) is 5.41 Å². The molecule has 3 N–H and O–H groups in total. The zero-order valence-electron chi connectivity index (χ0n) is 9.48. The van der Waals surface area contributed by atoms with Crippen LogP contribution in [0.4, 0.5) is 0 Å². The zero-order valence-corrected chi connectivity index (χ0v) is 10.3. The van der Waals surface area contributed by atoms with Crippen LogP contribution >= 0.6 is 11.3 Å². The highest BCUT2D eigenvalue weighted by atomic mass is 32.1. The van der Waals surface area contributed by atoms with Crippen molar-refractivity contribution in [1.82, 2.24) is 4.90 Å². The van der Waals surface area contributed by atoms with Gasteiger partial charge in [0, 0.05) is 12.5 Å². The molecule has 3 nitrogen and oxygen atoms in total. The fraction of sp³-hybridized carbons (Fsp3) is 0.583. The largest absolute Gasteiger partial charge is 0.387 e. The van der Waals surface area contributed by atoms with E-state index < -0.39 is 0 Å². The summed E-state index contributed by atoms with van der Waals surface area (Å²) in [5, 5.41) is 11.8. The molecule has 0 spiro atoms. The van der Waals surface area contributed by atoms with E-state index in [4.69, 9.17) is 11.1 Å². The van der Waals surface area contributed by atoms with E-state index in [-0.39, 0.29) is 0 Å². The molecule has 0 saturated carbocycles. The van der Waals surface area contributed by atoms with Gasteiger partial charge in [-0.1, -0.05) is 0 Å². The van der Waals surface area contributed by atoms with Gasteiger partial charge in [-0.2, -0.15) is 11.3 Å².